The van der Waals surface area contributed by atoms with E-state index in [-0.39, 0.29) is 24.4 Å². The first kappa shape index (κ1) is 13.1. The number of thiophene rings is 1. The van der Waals surface area contributed by atoms with Crippen LogP contribution in [0.5, 0.6) is 0 Å². The van der Waals surface area contributed by atoms with E-state index in [4.69, 9.17) is 0 Å². The Labute approximate surface area is 124 Å². The zero-order valence-corrected chi connectivity index (χ0v) is 12.9. The van der Waals surface area contributed by atoms with E-state index in [0.29, 0.717) is 6.54 Å². The Balaban J connectivity index is 1.75. The summed E-state index contributed by atoms with van der Waals surface area (Å²) in [4.78, 5) is 29.1. The van der Waals surface area contributed by atoms with Gasteiger partial charge in [-0.25, -0.2) is 0 Å². The summed E-state index contributed by atoms with van der Waals surface area (Å²) in [7, 11) is 0. The fraction of sp³-hybridized carbons (Fsp3) is 0.538. The normalized spacial score (nSPS) is 23.7. The second kappa shape index (κ2) is 5.25. The van der Waals surface area contributed by atoms with Crippen LogP contribution >= 0.6 is 27.3 Å². The van der Waals surface area contributed by atoms with Gasteiger partial charge < -0.3 is 9.80 Å². The second-order valence-corrected chi connectivity index (χ2v) is 6.94. The van der Waals surface area contributed by atoms with Gasteiger partial charge in [0.1, 0.15) is 12.6 Å². The molecule has 1 atom stereocenters. The van der Waals surface area contributed by atoms with Gasteiger partial charge in [-0.05, 0) is 41.3 Å². The van der Waals surface area contributed by atoms with Crippen LogP contribution in [0.2, 0.25) is 0 Å². The van der Waals surface area contributed by atoms with Crippen molar-refractivity contribution < 1.29 is 9.59 Å². The summed E-state index contributed by atoms with van der Waals surface area (Å²) in [6, 6.07) is 1.80. The number of hydrogen-bond acceptors (Lipinski definition) is 3. The predicted octanol–water partition coefficient (Wildman–Crippen LogP) is 2.23. The molecule has 0 bridgehead atoms. The topological polar surface area (TPSA) is 40.6 Å². The summed E-state index contributed by atoms with van der Waals surface area (Å²) >= 11 is 5.02. The van der Waals surface area contributed by atoms with Gasteiger partial charge in [-0.1, -0.05) is 0 Å². The van der Waals surface area contributed by atoms with Crippen molar-refractivity contribution in [1.82, 2.24) is 9.80 Å². The van der Waals surface area contributed by atoms with Crippen molar-refractivity contribution in [3.8, 4) is 0 Å². The molecule has 6 heteroatoms. The molecule has 1 aromatic rings. The summed E-state index contributed by atoms with van der Waals surface area (Å²) in [6.45, 7) is 1.52. The van der Waals surface area contributed by atoms with Gasteiger partial charge in [0.2, 0.25) is 11.8 Å². The number of rotatable bonds is 2. The molecule has 4 nitrogen and oxygen atoms in total. The van der Waals surface area contributed by atoms with E-state index in [9.17, 15) is 9.59 Å². The number of carbonyl (C=O) groups excluding carboxylic acids is 2. The Morgan fingerprint density at radius 3 is 2.95 bits per heavy atom. The summed E-state index contributed by atoms with van der Waals surface area (Å²) in [5.74, 6) is 0.212. The molecule has 102 valence electrons. The average molecular weight is 343 g/mol. The first-order valence-corrected chi connectivity index (χ1v) is 8.13. The highest BCUT2D eigenvalue weighted by Crippen LogP contribution is 2.26. The molecule has 2 saturated heterocycles. The third-order valence-electron chi connectivity index (χ3n) is 3.71. The van der Waals surface area contributed by atoms with Crippen LogP contribution in [0, 0.1) is 0 Å². The predicted molar refractivity (Wildman–Crippen MR) is 76.8 cm³/mol. The van der Waals surface area contributed by atoms with Crippen LogP contribution in [0.1, 0.15) is 24.1 Å². The van der Waals surface area contributed by atoms with Crippen molar-refractivity contribution in [2.75, 3.05) is 13.1 Å². The summed E-state index contributed by atoms with van der Waals surface area (Å²) in [6.07, 6.45) is 2.88. The van der Waals surface area contributed by atoms with E-state index >= 15 is 0 Å². The molecule has 0 saturated carbocycles. The molecule has 19 heavy (non-hydrogen) atoms. The van der Waals surface area contributed by atoms with Crippen molar-refractivity contribution in [3.63, 3.8) is 0 Å². The minimum Gasteiger partial charge on any atom is -0.329 e. The van der Waals surface area contributed by atoms with Crippen molar-refractivity contribution in [1.29, 1.82) is 0 Å². The van der Waals surface area contributed by atoms with Crippen molar-refractivity contribution in [2.45, 2.75) is 31.8 Å². The number of piperidine rings is 1. The van der Waals surface area contributed by atoms with Gasteiger partial charge in [-0.3, -0.25) is 9.59 Å². The summed E-state index contributed by atoms with van der Waals surface area (Å²) < 4.78 is 1.03. The number of hydrogen-bond donors (Lipinski definition) is 0. The molecule has 2 fully saturated rings. The molecule has 1 aromatic heterocycles. The fourth-order valence-electron chi connectivity index (χ4n) is 2.79. The number of nitrogens with zero attached hydrogens (tertiary/aromatic N) is 2. The van der Waals surface area contributed by atoms with Gasteiger partial charge >= 0.3 is 0 Å². The van der Waals surface area contributed by atoms with Crippen molar-refractivity contribution in [3.05, 3.63) is 20.8 Å². The number of piperazine rings is 1. The van der Waals surface area contributed by atoms with Crippen LogP contribution in [0.25, 0.3) is 0 Å². The third kappa shape index (κ3) is 2.56. The van der Waals surface area contributed by atoms with E-state index < -0.39 is 0 Å². The van der Waals surface area contributed by atoms with Crippen LogP contribution in [0.4, 0.5) is 0 Å². The third-order valence-corrected chi connectivity index (χ3v) is 5.40. The van der Waals surface area contributed by atoms with E-state index in [1.807, 2.05) is 11.4 Å². The van der Waals surface area contributed by atoms with Gasteiger partial charge in [-0.15, -0.1) is 11.3 Å². The Hall–Kier alpha value is -0.880. The Kier molecular flexibility index (Phi) is 3.62. The van der Waals surface area contributed by atoms with E-state index in [1.54, 1.807) is 21.1 Å². The lowest BCUT2D eigenvalue weighted by Crippen LogP contribution is -2.60. The lowest BCUT2D eigenvalue weighted by atomic mass is 9.98. The molecule has 3 rings (SSSR count). The molecule has 0 aliphatic carbocycles. The van der Waals surface area contributed by atoms with E-state index in [1.165, 1.54) is 0 Å². The van der Waals surface area contributed by atoms with Crippen molar-refractivity contribution >= 4 is 39.1 Å². The van der Waals surface area contributed by atoms with Crippen LogP contribution < -0.4 is 0 Å². The zero-order chi connectivity index (χ0) is 13.4. The van der Waals surface area contributed by atoms with Crippen LogP contribution in [-0.2, 0) is 16.1 Å². The average Bonchev–Trinajstić information content (AvgIpc) is 2.81. The second-order valence-electron chi connectivity index (χ2n) is 5.02. The molecule has 2 aliphatic heterocycles. The molecular weight excluding hydrogens is 328 g/mol. The number of halogens is 1. The van der Waals surface area contributed by atoms with E-state index in [0.717, 1.165) is 35.2 Å². The quantitative estimate of drug-likeness (QED) is 0.826. The first-order valence-electron chi connectivity index (χ1n) is 6.46. The molecule has 2 aliphatic rings. The number of amides is 2. The summed E-state index contributed by atoms with van der Waals surface area (Å²) in [5, 5.41) is 2.00. The number of carbonyl (C=O) groups is 2. The molecule has 3 heterocycles. The Morgan fingerprint density at radius 1 is 1.37 bits per heavy atom. The highest BCUT2D eigenvalue weighted by molar-refractivity contribution is 9.10. The highest BCUT2D eigenvalue weighted by atomic mass is 79.9. The SMILES string of the molecule is O=C1C2CCCCN2C(=O)CN1Cc1cc(Br)cs1. The highest BCUT2D eigenvalue weighted by Gasteiger charge is 2.40. The van der Waals surface area contributed by atoms with Crippen LogP contribution in [0.15, 0.2) is 15.9 Å². The number of fused-ring (bicyclic) bond motifs is 1. The van der Waals surface area contributed by atoms with Crippen LogP contribution in [-0.4, -0.2) is 40.7 Å². The molecule has 2 amide bonds. The molecule has 0 aromatic carbocycles. The maximum absolute atomic E-state index is 12.4. The molecule has 0 spiro atoms. The van der Waals surface area contributed by atoms with Gasteiger partial charge in [0.25, 0.3) is 0 Å². The molecular formula is C13H15BrN2O2S. The van der Waals surface area contributed by atoms with E-state index in [2.05, 4.69) is 15.9 Å². The smallest absolute Gasteiger partial charge is 0.246 e. The monoisotopic (exact) mass is 342 g/mol. The largest absolute Gasteiger partial charge is 0.329 e. The maximum atomic E-state index is 12.4. The Bertz CT molecular complexity index is 516. The lowest BCUT2D eigenvalue weighted by molar-refractivity contribution is -0.158. The molecule has 0 N–H and O–H groups in total. The Morgan fingerprint density at radius 2 is 2.21 bits per heavy atom. The van der Waals surface area contributed by atoms with Gasteiger partial charge in [-0.2, -0.15) is 0 Å². The van der Waals surface area contributed by atoms with Gasteiger partial charge in [0, 0.05) is 21.3 Å². The zero-order valence-electron chi connectivity index (χ0n) is 10.5. The minimum absolute atomic E-state index is 0.0971. The maximum Gasteiger partial charge on any atom is 0.246 e. The summed E-state index contributed by atoms with van der Waals surface area (Å²) in [5.41, 5.74) is 0. The van der Waals surface area contributed by atoms with Crippen molar-refractivity contribution in [2.24, 2.45) is 0 Å². The minimum atomic E-state index is -0.210. The van der Waals surface area contributed by atoms with Gasteiger partial charge in [0.15, 0.2) is 0 Å². The molecule has 1 unspecified atom stereocenters. The van der Waals surface area contributed by atoms with Gasteiger partial charge in [0.05, 0.1) is 6.54 Å². The first-order chi connectivity index (χ1) is 9.15. The standard InChI is InChI=1S/C13H15BrN2O2S/c14-9-5-10(19-8-9)6-15-7-12(17)16-4-2-1-3-11(16)13(15)18/h5,8,11H,1-4,6-7H2. The van der Waals surface area contributed by atoms with Crippen LogP contribution in [0.3, 0.4) is 0 Å². The fourth-order valence-corrected chi connectivity index (χ4v) is 4.25. The molecule has 0 radical (unpaired) electrons. The lowest BCUT2D eigenvalue weighted by Gasteiger charge is -2.42.